The topological polar surface area (TPSA) is 107 Å². The van der Waals surface area contributed by atoms with Crippen molar-refractivity contribution in [2.24, 2.45) is 5.73 Å². The van der Waals surface area contributed by atoms with Gasteiger partial charge in [-0.1, -0.05) is 40.2 Å². The lowest BCUT2D eigenvalue weighted by atomic mass is 9.98. The van der Waals surface area contributed by atoms with Gasteiger partial charge in [-0.15, -0.1) is 0 Å². The van der Waals surface area contributed by atoms with Crippen molar-refractivity contribution in [3.63, 3.8) is 0 Å². The first-order valence-corrected chi connectivity index (χ1v) is 10.4. The number of hydrogen-bond acceptors (Lipinski definition) is 3. The van der Waals surface area contributed by atoms with Gasteiger partial charge in [-0.2, -0.15) is 0 Å². The maximum absolute atomic E-state index is 7.69. The van der Waals surface area contributed by atoms with E-state index in [0.717, 1.165) is 44.6 Å². The molecule has 5 N–H and O–H groups in total. The second-order valence-electron chi connectivity index (χ2n) is 7.29. The average molecular weight is 459 g/mol. The molecule has 0 radical (unpaired) electrons. The van der Waals surface area contributed by atoms with E-state index in [4.69, 9.17) is 21.1 Å². The van der Waals surface area contributed by atoms with Crippen molar-refractivity contribution in [2.75, 3.05) is 0 Å². The molecule has 5 rings (SSSR count). The summed E-state index contributed by atoms with van der Waals surface area (Å²) in [5, 5.41) is 7.69. The van der Waals surface area contributed by atoms with Gasteiger partial charge in [0.2, 0.25) is 0 Å². The van der Waals surface area contributed by atoms with E-state index in [-0.39, 0.29) is 11.8 Å². The maximum Gasteiger partial charge on any atom is 0.122 e. The van der Waals surface area contributed by atoms with Gasteiger partial charge in [0.15, 0.2) is 0 Å². The Morgan fingerprint density at radius 3 is 2.27 bits per heavy atom. The largest absolute Gasteiger partial charge is 0.384 e. The molecule has 3 aromatic carbocycles. The Kier molecular flexibility index (Phi) is 4.59. The predicted octanol–water partition coefficient (Wildman–Crippen LogP) is 4.86. The number of nitrogens with two attached hydrogens (primary N) is 1. The Balaban J connectivity index is 1.62. The standard InChI is InChI=1S/C23H19BrN6/c24-15-8-5-13(6-9-15)11-16(22-27-17-3-1-2-4-18(17)28-22)23-29-19-10-7-14(21(25)26)12-20(19)30-23/h1-10,12,16H,11H2,(H3,25,26)(H,27,28)(H,29,30). The lowest BCUT2D eigenvalue weighted by Crippen LogP contribution is -2.10. The maximum atomic E-state index is 7.69. The highest BCUT2D eigenvalue weighted by atomic mass is 79.9. The van der Waals surface area contributed by atoms with E-state index in [0.29, 0.717) is 5.56 Å². The van der Waals surface area contributed by atoms with Crippen molar-refractivity contribution < 1.29 is 0 Å². The predicted molar refractivity (Wildman–Crippen MR) is 123 cm³/mol. The van der Waals surface area contributed by atoms with Crippen molar-refractivity contribution in [3.05, 3.63) is 94.0 Å². The number of nitrogens with one attached hydrogen (secondary N) is 3. The summed E-state index contributed by atoms with van der Waals surface area (Å²) in [6.45, 7) is 0. The third-order valence-corrected chi connectivity index (χ3v) is 5.76. The summed E-state index contributed by atoms with van der Waals surface area (Å²) < 4.78 is 1.05. The number of H-pyrrole nitrogens is 2. The van der Waals surface area contributed by atoms with E-state index in [9.17, 15) is 0 Å². The molecule has 0 aliphatic rings. The molecule has 0 amide bonds. The Morgan fingerprint density at radius 2 is 1.57 bits per heavy atom. The number of halogens is 1. The number of aromatic amines is 2. The van der Waals surface area contributed by atoms with Crippen LogP contribution in [-0.2, 0) is 6.42 Å². The fourth-order valence-corrected chi connectivity index (χ4v) is 3.94. The molecule has 0 saturated heterocycles. The van der Waals surface area contributed by atoms with Gasteiger partial charge in [-0.3, -0.25) is 5.41 Å². The van der Waals surface area contributed by atoms with Crippen LogP contribution in [0.3, 0.4) is 0 Å². The highest BCUT2D eigenvalue weighted by molar-refractivity contribution is 9.10. The Bertz CT molecular complexity index is 1330. The van der Waals surface area contributed by atoms with Crippen LogP contribution in [0.15, 0.2) is 71.2 Å². The molecule has 1 atom stereocenters. The Morgan fingerprint density at radius 1 is 0.900 bits per heavy atom. The van der Waals surface area contributed by atoms with Crippen molar-refractivity contribution >= 4 is 43.8 Å². The van der Waals surface area contributed by atoms with Crippen LogP contribution in [0, 0.1) is 5.41 Å². The molecule has 30 heavy (non-hydrogen) atoms. The number of benzene rings is 3. The second-order valence-corrected chi connectivity index (χ2v) is 8.21. The summed E-state index contributed by atoms with van der Waals surface area (Å²) in [6, 6.07) is 21.9. The number of aromatic nitrogens is 4. The lowest BCUT2D eigenvalue weighted by Gasteiger charge is -2.12. The number of hydrogen-bond donors (Lipinski definition) is 4. The fourth-order valence-electron chi connectivity index (χ4n) is 3.67. The van der Waals surface area contributed by atoms with E-state index in [1.54, 1.807) is 0 Å². The van der Waals surface area contributed by atoms with E-state index >= 15 is 0 Å². The lowest BCUT2D eigenvalue weighted by molar-refractivity contribution is 0.714. The molecule has 0 spiro atoms. The minimum atomic E-state index is -0.0771. The van der Waals surface area contributed by atoms with Crippen molar-refractivity contribution in [1.82, 2.24) is 19.9 Å². The zero-order chi connectivity index (χ0) is 20.7. The first-order valence-electron chi connectivity index (χ1n) is 9.60. The molecule has 148 valence electrons. The van der Waals surface area contributed by atoms with Crippen LogP contribution in [0.5, 0.6) is 0 Å². The number of rotatable bonds is 5. The summed E-state index contributed by atoms with van der Waals surface area (Å²) in [5.41, 5.74) is 11.1. The molecule has 0 aliphatic heterocycles. The first-order chi connectivity index (χ1) is 14.6. The molecule has 2 aromatic heterocycles. The van der Waals surface area contributed by atoms with Gasteiger partial charge >= 0.3 is 0 Å². The van der Waals surface area contributed by atoms with Crippen LogP contribution in [0.1, 0.15) is 28.7 Å². The van der Waals surface area contributed by atoms with E-state index in [2.05, 4.69) is 38.0 Å². The van der Waals surface area contributed by atoms with E-state index in [1.807, 2.05) is 54.6 Å². The van der Waals surface area contributed by atoms with Crippen molar-refractivity contribution in [1.29, 1.82) is 5.41 Å². The van der Waals surface area contributed by atoms with Gasteiger partial charge < -0.3 is 15.7 Å². The third-order valence-electron chi connectivity index (χ3n) is 5.23. The summed E-state index contributed by atoms with van der Waals surface area (Å²) in [6.07, 6.45) is 0.743. The van der Waals surface area contributed by atoms with Crippen LogP contribution in [0.4, 0.5) is 0 Å². The number of nitrogen functional groups attached to an aromatic ring is 1. The van der Waals surface area contributed by atoms with Gasteiger partial charge in [-0.05, 0) is 54.4 Å². The molecule has 0 aliphatic carbocycles. The van der Waals surface area contributed by atoms with Crippen molar-refractivity contribution in [2.45, 2.75) is 12.3 Å². The zero-order valence-electron chi connectivity index (χ0n) is 16.0. The zero-order valence-corrected chi connectivity index (χ0v) is 17.6. The van der Waals surface area contributed by atoms with Gasteiger partial charge in [0.25, 0.3) is 0 Å². The fraction of sp³-hybridized carbons (Fsp3) is 0.0870. The van der Waals surface area contributed by atoms with Crippen LogP contribution >= 0.6 is 15.9 Å². The molecular weight excluding hydrogens is 440 g/mol. The summed E-state index contributed by atoms with van der Waals surface area (Å²) in [7, 11) is 0. The molecule has 7 heteroatoms. The molecule has 1 unspecified atom stereocenters. The minimum Gasteiger partial charge on any atom is -0.384 e. The smallest absolute Gasteiger partial charge is 0.122 e. The number of nitrogens with zero attached hydrogens (tertiary/aromatic N) is 2. The quantitative estimate of drug-likeness (QED) is 0.223. The molecule has 5 aromatic rings. The van der Waals surface area contributed by atoms with Crippen LogP contribution < -0.4 is 5.73 Å². The van der Waals surface area contributed by atoms with Crippen LogP contribution in [-0.4, -0.2) is 25.8 Å². The monoisotopic (exact) mass is 458 g/mol. The molecule has 0 saturated carbocycles. The molecule has 6 nitrogen and oxygen atoms in total. The van der Waals surface area contributed by atoms with Gasteiger partial charge in [0.1, 0.15) is 17.5 Å². The number of amidine groups is 1. The number of fused-ring (bicyclic) bond motifs is 2. The van der Waals surface area contributed by atoms with Crippen molar-refractivity contribution in [3.8, 4) is 0 Å². The number of para-hydroxylation sites is 2. The molecule has 2 heterocycles. The van der Waals surface area contributed by atoms with E-state index < -0.39 is 0 Å². The number of imidazole rings is 2. The second kappa shape index (κ2) is 7.42. The normalized spacial score (nSPS) is 12.4. The molecule has 0 fully saturated rings. The van der Waals surface area contributed by atoms with E-state index in [1.165, 1.54) is 5.56 Å². The highest BCUT2D eigenvalue weighted by Crippen LogP contribution is 2.29. The van der Waals surface area contributed by atoms with Crippen LogP contribution in [0.2, 0.25) is 0 Å². The summed E-state index contributed by atoms with van der Waals surface area (Å²) in [4.78, 5) is 16.6. The Hall–Kier alpha value is -3.45. The summed E-state index contributed by atoms with van der Waals surface area (Å²) in [5.74, 6) is 1.65. The molecular formula is C23H19BrN6. The van der Waals surface area contributed by atoms with Gasteiger partial charge in [-0.25, -0.2) is 9.97 Å². The average Bonchev–Trinajstić information content (AvgIpc) is 3.36. The molecule has 0 bridgehead atoms. The minimum absolute atomic E-state index is 0.0325. The van der Waals surface area contributed by atoms with Gasteiger partial charge in [0, 0.05) is 10.0 Å². The first kappa shape index (κ1) is 18.6. The highest BCUT2D eigenvalue weighted by Gasteiger charge is 2.22. The van der Waals surface area contributed by atoms with Gasteiger partial charge in [0.05, 0.1) is 28.0 Å². The van der Waals surface area contributed by atoms with Crippen LogP contribution in [0.25, 0.3) is 22.1 Å². The SMILES string of the molecule is N=C(N)c1ccc2[nH]c(C(Cc3ccc(Br)cc3)c3nc4ccccc4[nH]3)nc2c1. The Labute approximate surface area is 181 Å². The summed E-state index contributed by atoms with van der Waals surface area (Å²) >= 11 is 3.50. The third kappa shape index (κ3) is 3.48.